The van der Waals surface area contributed by atoms with Crippen LogP contribution in [0, 0.1) is 5.82 Å². The van der Waals surface area contributed by atoms with Crippen LogP contribution in [0.4, 0.5) is 10.2 Å². The minimum absolute atomic E-state index is 0.0537. The number of nitrogens with one attached hydrogen (secondary N) is 1. The monoisotopic (exact) mass is 253 g/mol. The van der Waals surface area contributed by atoms with Gasteiger partial charge in [-0.15, -0.1) is 0 Å². The van der Waals surface area contributed by atoms with Gasteiger partial charge in [0.05, 0.1) is 6.20 Å². The van der Waals surface area contributed by atoms with Crippen molar-refractivity contribution in [3.63, 3.8) is 0 Å². The lowest BCUT2D eigenvalue weighted by Crippen LogP contribution is -2.00. The summed E-state index contributed by atoms with van der Waals surface area (Å²) in [4.78, 5) is 7.57. The first-order valence-corrected chi connectivity index (χ1v) is 5.20. The first-order valence-electron chi connectivity index (χ1n) is 4.83. The first kappa shape index (κ1) is 11.6. The van der Waals surface area contributed by atoms with Gasteiger partial charge < -0.3 is 10.1 Å². The lowest BCUT2D eigenvalue weighted by molar-refractivity contribution is 0.437. The summed E-state index contributed by atoms with van der Waals surface area (Å²) < 4.78 is 18.5. The maximum atomic E-state index is 13.1. The third-order valence-corrected chi connectivity index (χ3v) is 2.20. The van der Waals surface area contributed by atoms with Crippen LogP contribution in [0.15, 0.2) is 30.5 Å². The van der Waals surface area contributed by atoms with Crippen LogP contribution in [0.25, 0.3) is 0 Å². The number of aromatic nitrogens is 2. The molecule has 0 amide bonds. The molecule has 0 bridgehead atoms. The minimum Gasteiger partial charge on any atom is -0.424 e. The zero-order valence-corrected chi connectivity index (χ0v) is 9.70. The van der Waals surface area contributed by atoms with Crippen LogP contribution in [-0.2, 0) is 0 Å². The van der Waals surface area contributed by atoms with E-state index in [2.05, 4.69) is 15.3 Å². The van der Waals surface area contributed by atoms with E-state index >= 15 is 0 Å². The van der Waals surface area contributed by atoms with Crippen molar-refractivity contribution >= 4 is 17.4 Å². The summed E-state index contributed by atoms with van der Waals surface area (Å²) in [6.45, 7) is 0. The normalized spacial score (nSPS) is 10.1. The van der Waals surface area contributed by atoms with Crippen LogP contribution in [0.3, 0.4) is 0 Å². The molecule has 0 radical (unpaired) electrons. The molecular weight excluding hydrogens is 245 g/mol. The lowest BCUT2D eigenvalue weighted by atomic mass is 10.3. The molecule has 0 aliphatic heterocycles. The molecule has 2 rings (SSSR count). The third kappa shape index (κ3) is 2.82. The number of hydrogen-bond donors (Lipinski definition) is 1. The van der Waals surface area contributed by atoms with Crippen LogP contribution in [0.5, 0.6) is 11.8 Å². The van der Waals surface area contributed by atoms with Crippen LogP contribution >= 0.6 is 11.6 Å². The van der Waals surface area contributed by atoms with Gasteiger partial charge in [0, 0.05) is 12.1 Å². The Labute approximate surface area is 102 Å². The van der Waals surface area contributed by atoms with Crippen molar-refractivity contribution in [2.45, 2.75) is 0 Å². The average Bonchev–Trinajstić information content (AvgIpc) is 2.32. The Bertz CT molecular complexity index is 536. The number of halogens is 2. The molecule has 0 atom stereocenters. The van der Waals surface area contributed by atoms with Crippen LogP contribution in [0.2, 0.25) is 5.02 Å². The Balaban J connectivity index is 2.24. The number of benzene rings is 1. The molecule has 6 heteroatoms. The molecule has 1 N–H and O–H groups in total. The topological polar surface area (TPSA) is 47.0 Å². The van der Waals surface area contributed by atoms with E-state index in [0.717, 1.165) is 6.20 Å². The highest BCUT2D eigenvalue weighted by Gasteiger charge is 2.07. The summed E-state index contributed by atoms with van der Waals surface area (Å²) >= 11 is 5.80. The van der Waals surface area contributed by atoms with E-state index in [9.17, 15) is 4.39 Å². The predicted octanol–water partition coefficient (Wildman–Crippen LogP) is 3.10. The smallest absolute Gasteiger partial charge is 0.324 e. The number of anilines is 1. The van der Waals surface area contributed by atoms with Crippen molar-refractivity contribution in [2.75, 3.05) is 12.4 Å². The second-order valence-electron chi connectivity index (χ2n) is 3.16. The Hall–Kier alpha value is -1.88. The van der Waals surface area contributed by atoms with E-state index < -0.39 is 5.82 Å². The van der Waals surface area contributed by atoms with E-state index in [0.29, 0.717) is 10.8 Å². The van der Waals surface area contributed by atoms with Crippen molar-refractivity contribution in [3.05, 3.63) is 41.3 Å². The number of nitrogens with zero attached hydrogens (tertiary/aromatic N) is 2. The lowest BCUT2D eigenvalue weighted by Gasteiger charge is -2.06. The fourth-order valence-electron chi connectivity index (χ4n) is 1.21. The second kappa shape index (κ2) is 4.97. The van der Waals surface area contributed by atoms with Crippen LogP contribution in [-0.4, -0.2) is 17.0 Å². The molecule has 1 aromatic carbocycles. The van der Waals surface area contributed by atoms with Crippen molar-refractivity contribution in [2.24, 2.45) is 0 Å². The highest BCUT2D eigenvalue weighted by molar-refractivity contribution is 6.30. The van der Waals surface area contributed by atoms with E-state index in [-0.39, 0.29) is 11.8 Å². The number of ether oxygens (including phenoxy) is 1. The standard InChI is InChI=1S/C11H9ClFN3O/c1-14-10-9(13)6-15-11(16-10)17-8-4-2-3-7(12)5-8/h2-6H,1H3,(H,14,15,16). The van der Waals surface area contributed by atoms with Crippen molar-refractivity contribution < 1.29 is 9.13 Å². The minimum atomic E-state index is -0.536. The number of hydrogen-bond acceptors (Lipinski definition) is 4. The molecule has 0 aliphatic rings. The molecule has 88 valence electrons. The molecule has 0 spiro atoms. The Kier molecular flexibility index (Phi) is 3.39. The van der Waals surface area contributed by atoms with Gasteiger partial charge in [0.2, 0.25) is 0 Å². The molecule has 0 fully saturated rings. The molecule has 1 heterocycles. The molecule has 2 aromatic rings. The van der Waals surface area contributed by atoms with Gasteiger partial charge in [-0.1, -0.05) is 17.7 Å². The van der Waals surface area contributed by atoms with Gasteiger partial charge in [-0.2, -0.15) is 4.98 Å². The molecular formula is C11H9ClFN3O. The highest BCUT2D eigenvalue weighted by atomic mass is 35.5. The summed E-state index contributed by atoms with van der Waals surface area (Å²) in [6.07, 6.45) is 1.04. The summed E-state index contributed by atoms with van der Waals surface area (Å²) in [6, 6.07) is 6.84. The van der Waals surface area contributed by atoms with Gasteiger partial charge in [0.15, 0.2) is 11.6 Å². The molecule has 0 saturated carbocycles. The summed E-state index contributed by atoms with van der Waals surface area (Å²) in [5.41, 5.74) is 0. The average molecular weight is 254 g/mol. The highest BCUT2D eigenvalue weighted by Crippen LogP contribution is 2.22. The van der Waals surface area contributed by atoms with Gasteiger partial charge in [-0.05, 0) is 18.2 Å². The fraction of sp³-hybridized carbons (Fsp3) is 0.0909. The molecule has 0 unspecified atom stereocenters. The van der Waals surface area contributed by atoms with Gasteiger partial charge in [-0.3, -0.25) is 0 Å². The molecule has 0 saturated heterocycles. The third-order valence-electron chi connectivity index (χ3n) is 1.96. The van der Waals surface area contributed by atoms with Gasteiger partial charge in [0.25, 0.3) is 0 Å². The summed E-state index contributed by atoms with van der Waals surface area (Å²) in [5.74, 6) is 0.0362. The van der Waals surface area contributed by atoms with Crippen molar-refractivity contribution in [1.29, 1.82) is 0 Å². The van der Waals surface area contributed by atoms with E-state index in [4.69, 9.17) is 16.3 Å². The van der Waals surface area contributed by atoms with Crippen LogP contribution in [0.1, 0.15) is 0 Å². The first-order chi connectivity index (χ1) is 8.19. The molecule has 4 nitrogen and oxygen atoms in total. The van der Waals surface area contributed by atoms with Gasteiger partial charge in [0.1, 0.15) is 5.75 Å². The Morgan fingerprint density at radius 1 is 1.41 bits per heavy atom. The summed E-state index contributed by atoms with van der Waals surface area (Å²) in [7, 11) is 1.56. The van der Waals surface area contributed by atoms with E-state index in [1.807, 2.05) is 0 Å². The maximum absolute atomic E-state index is 13.1. The molecule has 1 aromatic heterocycles. The zero-order chi connectivity index (χ0) is 12.3. The second-order valence-corrected chi connectivity index (χ2v) is 3.59. The van der Waals surface area contributed by atoms with E-state index in [1.54, 1.807) is 31.3 Å². The number of rotatable bonds is 3. The summed E-state index contributed by atoms with van der Waals surface area (Å²) in [5, 5.41) is 3.14. The van der Waals surface area contributed by atoms with Gasteiger partial charge in [-0.25, -0.2) is 9.37 Å². The largest absolute Gasteiger partial charge is 0.424 e. The predicted molar refractivity (Wildman–Crippen MR) is 63.1 cm³/mol. The zero-order valence-electron chi connectivity index (χ0n) is 8.95. The Morgan fingerprint density at radius 2 is 2.24 bits per heavy atom. The quantitative estimate of drug-likeness (QED) is 0.913. The maximum Gasteiger partial charge on any atom is 0.324 e. The van der Waals surface area contributed by atoms with E-state index in [1.165, 1.54) is 0 Å². The van der Waals surface area contributed by atoms with Crippen LogP contribution < -0.4 is 10.1 Å². The SMILES string of the molecule is CNc1nc(Oc2cccc(Cl)c2)ncc1F. The molecule has 0 aliphatic carbocycles. The fourth-order valence-corrected chi connectivity index (χ4v) is 1.39. The Morgan fingerprint density at radius 3 is 2.94 bits per heavy atom. The molecule has 17 heavy (non-hydrogen) atoms. The van der Waals surface area contributed by atoms with Crippen molar-refractivity contribution in [1.82, 2.24) is 9.97 Å². The van der Waals surface area contributed by atoms with Crippen molar-refractivity contribution in [3.8, 4) is 11.8 Å². The van der Waals surface area contributed by atoms with Gasteiger partial charge >= 0.3 is 6.01 Å².